The van der Waals surface area contributed by atoms with E-state index in [4.69, 9.17) is 4.74 Å². The van der Waals surface area contributed by atoms with Crippen LogP contribution in [-0.2, 0) is 30.3 Å². The van der Waals surface area contributed by atoms with Crippen LogP contribution in [0.15, 0.2) is 47.2 Å². The van der Waals surface area contributed by atoms with Gasteiger partial charge in [-0.05, 0) is 67.3 Å². The number of aliphatic hydroxyl groups is 3. The summed E-state index contributed by atoms with van der Waals surface area (Å²) in [6.45, 7) is 13.8. The molecule has 50 heavy (non-hydrogen) atoms. The van der Waals surface area contributed by atoms with E-state index in [1.54, 1.807) is 65.0 Å². The van der Waals surface area contributed by atoms with Gasteiger partial charge in [0.15, 0.2) is 23.0 Å². The van der Waals surface area contributed by atoms with Crippen molar-refractivity contribution in [2.24, 2.45) is 22.7 Å². The molecule has 4 N–H and O–H groups in total. The van der Waals surface area contributed by atoms with E-state index in [-0.39, 0.29) is 60.9 Å². The maximum absolute atomic E-state index is 14.7. The molecule has 0 saturated heterocycles. The molecule has 3 aliphatic carbocycles. The van der Waals surface area contributed by atoms with Crippen LogP contribution in [0.2, 0.25) is 0 Å². The van der Waals surface area contributed by atoms with Crippen molar-refractivity contribution in [1.29, 1.82) is 0 Å². The fourth-order valence-electron chi connectivity index (χ4n) is 9.00. The lowest BCUT2D eigenvalue weighted by Gasteiger charge is -2.59. The van der Waals surface area contributed by atoms with Crippen molar-refractivity contribution in [3.05, 3.63) is 69.5 Å². The van der Waals surface area contributed by atoms with Crippen LogP contribution in [0.1, 0.15) is 108 Å². The van der Waals surface area contributed by atoms with Crippen LogP contribution in [0.5, 0.6) is 5.75 Å². The molecule has 1 unspecified atom stereocenters. The topological polar surface area (TPSA) is 176 Å². The second kappa shape index (κ2) is 12.6. The number of phenolic OH excluding ortho intramolecular Hbond substituents is 1. The average Bonchev–Trinajstić information content (AvgIpc) is 3.01. The van der Waals surface area contributed by atoms with Gasteiger partial charge < -0.3 is 25.2 Å². The number of benzene rings is 2. The summed E-state index contributed by atoms with van der Waals surface area (Å²) >= 11 is 0. The minimum absolute atomic E-state index is 0.000764. The highest BCUT2D eigenvalue weighted by Crippen LogP contribution is 2.65. The molecule has 3 aliphatic rings. The van der Waals surface area contributed by atoms with Crippen molar-refractivity contribution < 1.29 is 49.1 Å². The van der Waals surface area contributed by atoms with Gasteiger partial charge in [-0.25, -0.2) is 0 Å². The van der Waals surface area contributed by atoms with Crippen LogP contribution >= 0.6 is 0 Å². The zero-order chi connectivity index (χ0) is 37.2. The molecule has 0 radical (unpaired) electrons. The van der Waals surface area contributed by atoms with E-state index in [1.165, 1.54) is 0 Å². The standard InChI is InChI=1S/C40H46O10/c1-9-50-28(43)14-13-27(42)23-12-10-11-22(15-23)25-16-24(19(2)3)26-17-38(7)18-39(8)31(20(4)5)34(45)29(21(6)41)36(47)40(39,49)37(48)32(38)35(46)30(26)33(25)44/h10-12,15-16,19-20,31,44,46-47,49H,9,13-14,17-18H2,1-8H3/t31?,38-,39-,40+/m1/s1. The Hall–Kier alpha value is -4.57. The number of allylic oxidation sites excluding steroid dienone is 1. The first-order valence-corrected chi connectivity index (χ1v) is 17.1. The Bertz CT molecular complexity index is 1910. The second-order valence-corrected chi connectivity index (χ2v) is 15.1. The number of ketones is 4. The number of carbonyl (C=O) groups excluding carboxylic acids is 5. The Morgan fingerprint density at radius 2 is 1.66 bits per heavy atom. The molecule has 2 aromatic carbocycles. The molecule has 0 aliphatic heterocycles. The minimum atomic E-state index is -2.70. The predicted molar refractivity (Wildman–Crippen MR) is 186 cm³/mol. The van der Waals surface area contributed by atoms with Crippen molar-refractivity contribution in [3.63, 3.8) is 0 Å². The Kier molecular flexibility index (Phi) is 9.28. The summed E-state index contributed by atoms with van der Waals surface area (Å²) in [7, 11) is 0. The first-order valence-electron chi connectivity index (χ1n) is 17.1. The fourth-order valence-corrected chi connectivity index (χ4v) is 9.00. The monoisotopic (exact) mass is 686 g/mol. The van der Waals surface area contributed by atoms with Crippen LogP contribution in [0.25, 0.3) is 16.9 Å². The smallest absolute Gasteiger partial charge is 0.306 e. The molecule has 1 saturated carbocycles. The summed E-state index contributed by atoms with van der Waals surface area (Å²) in [4.78, 5) is 66.0. The molecular formula is C40H46O10. The lowest BCUT2D eigenvalue weighted by Crippen LogP contribution is -2.69. The number of phenols is 1. The number of ether oxygens (including phenoxy) is 1. The van der Waals surface area contributed by atoms with Gasteiger partial charge >= 0.3 is 5.97 Å². The first kappa shape index (κ1) is 36.7. The molecule has 10 heteroatoms. The molecule has 0 amide bonds. The third-order valence-electron chi connectivity index (χ3n) is 11.0. The zero-order valence-corrected chi connectivity index (χ0v) is 29.9. The molecule has 4 atom stereocenters. The van der Waals surface area contributed by atoms with Crippen molar-refractivity contribution >= 4 is 34.9 Å². The number of esters is 1. The SMILES string of the molecule is CCOC(=O)CCC(=O)c1cccc(-c2cc(C(C)C)c3c(c2O)C(O)=C2C(=O)[C@@]4(O)C(O)=C(C(C)=O)C(=O)C(C(C)C)[C@@]4(C)C[C@@]2(C)C3)c1. The fraction of sp³-hybridized carbons (Fsp3) is 0.475. The molecule has 0 spiro atoms. The van der Waals surface area contributed by atoms with Gasteiger partial charge in [0.2, 0.25) is 5.78 Å². The largest absolute Gasteiger partial charge is 0.508 e. The van der Waals surface area contributed by atoms with Crippen LogP contribution < -0.4 is 0 Å². The summed E-state index contributed by atoms with van der Waals surface area (Å²) < 4.78 is 4.93. The maximum Gasteiger partial charge on any atom is 0.306 e. The lowest BCUT2D eigenvalue weighted by atomic mass is 9.43. The Morgan fingerprint density at radius 1 is 1.00 bits per heavy atom. The number of hydrogen-bond acceptors (Lipinski definition) is 10. The zero-order valence-electron chi connectivity index (χ0n) is 29.9. The average molecular weight is 687 g/mol. The summed E-state index contributed by atoms with van der Waals surface area (Å²) in [5.41, 5.74) is -3.79. The van der Waals surface area contributed by atoms with Gasteiger partial charge in [-0.15, -0.1) is 0 Å². The lowest BCUT2D eigenvalue weighted by molar-refractivity contribution is -0.178. The Balaban J connectivity index is 1.72. The van der Waals surface area contributed by atoms with Crippen LogP contribution in [0.3, 0.4) is 0 Å². The highest BCUT2D eigenvalue weighted by Gasteiger charge is 2.72. The van der Waals surface area contributed by atoms with E-state index in [0.29, 0.717) is 22.3 Å². The third-order valence-corrected chi connectivity index (χ3v) is 11.0. The van der Waals surface area contributed by atoms with Gasteiger partial charge in [-0.3, -0.25) is 24.0 Å². The van der Waals surface area contributed by atoms with E-state index in [0.717, 1.165) is 12.5 Å². The second-order valence-electron chi connectivity index (χ2n) is 15.1. The van der Waals surface area contributed by atoms with Gasteiger partial charge in [-0.1, -0.05) is 59.7 Å². The number of fused-ring (bicyclic) bond motifs is 3. The minimum Gasteiger partial charge on any atom is -0.508 e. The Morgan fingerprint density at radius 3 is 2.24 bits per heavy atom. The van der Waals surface area contributed by atoms with E-state index >= 15 is 0 Å². The van der Waals surface area contributed by atoms with Crippen molar-refractivity contribution in [1.82, 2.24) is 0 Å². The number of rotatable bonds is 9. The van der Waals surface area contributed by atoms with Crippen molar-refractivity contribution in [3.8, 4) is 16.9 Å². The third kappa shape index (κ3) is 5.30. The Labute approximate surface area is 291 Å². The molecule has 0 aromatic heterocycles. The van der Waals surface area contributed by atoms with Gasteiger partial charge in [0.05, 0.1) is 18.6 Å². The summed E-state index contributed by atoms with van der Waals surface area (Å²) in [6.07, 6.45) is 0.0146. The van der Waals surface area contributed by atoms with Crippen LogP contribution in [0, 0.1) is 22.7 Å². The number of aliphatic hydroxyl groups excluding tert-OH is 2. The van der Waals surface area contributed by atoms with Crippen molar-refractivity contribution in [2.45, 2.75) is 92.6 Å². The summed E-state index contributed by atoms with van der Waals surface area (Å²) in [6, 6.07) is 8.34. The number of Topliss-reactive ketones (excluding diaryl/α,β-unsaturated/α-hetero) is 4. The van der Waals surface area contributed by atoms with Crippen LogP contribution in [-0.4, -0.2) is 61.7 Å². The van der Waals surface area contributed by atoms with E-state index in [1.807, 2.05) is 13.8 Å². The predicted octanol–water partition coefficient (Wildman–Crippen LogP) is 6.51. The molecule has 1 fully saturated rings. The summed E-state index contributed by atoms with van der Waals surface area (Å²) in [5, 5.41) is 47.8. The number of hydrogen-bond donors (Lipinski definition) is 4. The molecule has 266 valence electrons. The van der Waals surface area contributed by atoms with E-state index in [9.17, 15) is 44.4 Å². The highest BCUT2D eigenvalue weighted by atomic mass is 16.5. The van der Waals surface area contributed by atoms with Gasteiger partial charge in [0.1, 0.15) is 22.8 Å². The molecule has 0 bridgehead atoms. The van der Waals surface area contributed by atoms with E-state index in [2.05, 4.69) is 0 Å². The maximum atomic E-state index is 14.7. The number of aromatic hydroxyl groups is 1. The molecule has 0 heterocycles. The number of carbonyl (C=O) groups is 5. The van der Waals surface area contributed by atoms with E-state index < -0.39 is 68.7 Å². The molecule has 2 aromatic rings. The summed E-state index contributed by atoms with van der Waals surface area (Å²) in [5.74, 6) is -6.68. The molecule has 10 nitrogen and oxygen atoms in total. The first-order chi connectivity index (χ1) is 23.3. The van der Waals surface area contributed by atoms with Gasteiger partial charge in [0, 0.05) is 39.9 Å². The highest BCUT2D eigenvalue weighted by molar-refractivity contribution is 6.24. The van der Waals surface area contributed by atoms with Crippen molar-refractivity contribution in [2.75, 3.05) is 6.61 Å². The van der Waals surface area contributed by atoms with Crippen LogP contribution in [0.4, 0.5) is 0 Å². The van der Waals surface area contributed by atoms with Gasteiger partial charge in [-0.2, -0.15) is 0 Å². The quantitative estimate of drug-likeness (QED) is 0.129. The molecular weight excluding hydrogens is 640 g/mol. The van der Waals surface area contributed by atoms with Gasteiger partial charge in [0.25, 0.3) is 0 Å². The normalized spacial score (nSPS) is 26.2. The molecule has 5 rings (SSSR count).